The summed E-state index contributed by atoms with van der Waals surface area (Å²) in [6.07, 6.45) is 0. The van der Waals surface area contributed by atoms with E-state index < -0.39 is 0 Å². The van der Waals surface area contributed by atoms with Crippen LogP contribution in [0.4, 0.5) is 9.52 Å². The quantitative estimate of drug-likeness (QED) is 0.896. The molecule has 1 saturated heterocycles. The second-order valence-corrected chi connectivity index (χ2v) is 6.30. The number of piperazine rings is 1. The van der Waals surface area contributed by atoms with Crippen molar-refractivity contribution in [1.29, 1.82) is 0 Å². The average Bonchev–Trinajstić information content (AvgIpc) is 3.04. The van der Waals surface area contributed by atoms with Crippen LogP contribution in [0.5, 0.6) is 0 Å². The monoisotopic (exact) mass is 335 g/mol. The number of rotatable bonds is 5. The van der Waals surface area contributed by atoms with Crippen molar-refractivity contribution in [2.24, 2.45) is 0 Å². The van der Waals surface area contributed by atoms with E-state index >= 15 is 0 Å². The minimum atomic E-state index is -0.208. The van der Waals surface area contributed by atoms with Gasteiger partial charge in [-0.3, -0.25) is 19.9 Å². The predicted octanol–water partition coefficient (Wildman–Crippen LogP) is 1.43. The van der Waals surface area contributed by atoms with Crippen LogP contribution in [0.2, 0.25) is 0 Å². The first-order chi connectivity index (χ1) is 11.2. The minimum Gasteiger partial charge on any atom is -0.299 e. The van der Waals surface area contributed by atoms with Crippen LogP contribution in [0, 0.1) is 5.82 Å². The number of nitrogens with zero attached hydrogens (tertiary/aromatic N) is 4. The third-order valence-corrected chi connectivity index (χ3v) is 4.36. The maximum Gasteiger partial charge on any atom is 0.240 e. The van der Waals surface area contributed by atoms with Crippen LogP contribution in [0.25, 0.3) is 0 Å². The predicted molar refractivity (Wildman–Crippen MR) is 86.7 cm³/mol. The largest absolute Gasteiger partial charge is 0.299 e. The highest BCUT2D eigenvalue weighted by Gasteiger charge is 2.19. The summed E-state index contributed by atoms with van der Waals surface area (Å²) in [6, 6.07) is 6.61. The number of nitrogens with one attached hydrogen (secondary N) is 1. The van der Waals surface area contributed by atoms with Gasteiger partial charge in [0.05, 0.1) is 6.54 Å². The van der Waals surface area contributed by atoms with E-state index in [1.54, 1.807) is 5.51 Å². The molecule has 1 aliphatic heterocycles. The van der Waals surface area contributed by atoms with E-state index in [0.29, 0.717) is 11.7 Å². The van der Waals surface area contributed by atoms with Crippen LogP contribution in [0.1, 0.15) is 5.56 Å². The fourth-order valence-electron chi connectivity index (χ4n) is 2.54. The van der Waals surface area contributed by atoms with Crippen LogP contribution in [-0.2, 0) is 11.3 Å². The molecule has 1 N–H and O–H groups in total. The second kappa shape index (κ2) is 7.58. The minimum absolute atomic E-state index is 0.0614. The summed E-state index contributed by atoms with van der Waals surface area (Å²) in [5.74, 6) is -0.270. The molecular formula is C15H18FN5OS. The lowest BCUT2D eigenvalue weighted by molar-refractivity contribution is -0.117. The molecule has 3 rings (SSSR count). The fourth-order valence-corrected chi connectivity index (χ4v) is 3.00. The smallest absolute Gasteiger partial charge is 0.240 e. The van der Waals surface area contributed by atoms with E-state index in [0.717, 1.165) is 38.3 Å². The number of aromatic nitrogens is 2. The van der Waals surface area contributed by atoms with Crippen molar-refractivity contribution < 1.29 is 9.18 Å². The van der Waals surface area contributed by atoms with Gasteiger partial charge in [0.1, 0.15) is 11.3 Å². The SMILES string of the molecule is O=C(CN1CCN(Cc2ccc(F)cc2)CC1)Nc1nncs1. The van der Waals surface area contributed by atoms with Crippen LogP contribution in [0.15, 0.2) is 29.8 Å². The Morgan fingerprint density at radius 1 is 1.17 bits per heavy atom. The van der Waals surface area contributed by atoms with E-state index in [4.69, 9.17) is 0 Å². The zero-order valence-electron chi connectivity index (χ0n) is 12.6. The highest BCUT2D eigenvalue weighted by atomic mass is 32.1. The lowest BCUT2D eigenvalue weighted by atomic mass is 10.2. The Hall–Kier alpha value is -1.90. The highest BCUT2D eigenvalue weighted by Crippen LogP contribution is 2.11. The van der Waals surface area contributed by atoms with Gasteiger partial charge in [-0.1, -0.05) is 23.5 Å². The topological polar surface area (TPSA) is 61.4 Å². The fraction of sp³-hybridized carbons (Fsp3) is 0.400. The number of carbonyl (C=O) groups excluding carboxylic acids is 1. The average molecular weight is 335 g/mol. The summed E-state index contributed by atoms with van der Waals surface area (Å²) >= 11 is 1.31. The van der Waals surface area contributed by atoms with Gasteiger partial charge in [-0.2, -0.15) is 0 Å². The van der Waals surface area contributed by atoms with E-state index in [2.05, 4.69) is 25.3 Å². The highest BCUT2D eigenvalue weighted by molar-refractivity contribution is 7.13. The molecule has 0 aliphatic carbocycles. The van der Waals surface area contributed by atoms with Gasteiger partial charge in [-0.05, 0) is 17.7 Å². The summed E-state index contributed by atoms with van der Waals surface area (Å²) < 4.78 is 12.9. The lowest BCUT2D eigenvalue weighted by Crippen LogP contribution is -2.48. The van der Waals surface area contributed by atoms with Crippen LogP contribution in [-0.4, -0.2) is 58.6 Å². The summed E-state index contributed by atoms with van der Waals surface area (Å²) in [6.45, 7) is 4.64. The summed E-state index contributed by atoms with van der Waals surface area (Å²) in [5.41, 5.74) is 2.69. The number of amides is 1. The molecule has 0 unspecified atom stereocenters. The molecule has 0 saturated carbocycles. The van der Waals surface area contributed by atoms with Crippen molar-refractivity contribution >= 4 is 22.4 Å². The summed E-state index contributed by atoms with van der Waals surface area (Å²) in [7, 11) is 0. The molecular weight excluding hydrogens is 317 g/mol. The molecule has 1 aliphatic rings. The molecule has 0 atom stereocenters. The molecule has 1 aromatic heterocycles. The van der Waals surface area contributed by atoms with E-state index in [9.17, 15) is 9.18 Å². The Bertz CT molecular complexity index is 626. The van der Waals surface area contributed by atoms with Crippen LogP contribution >= 0.6 is 11.3 Å². The maximum absolute atomic E-state index is 12.9. The third-order valence-electron chi connectivity index (χ3n) is 3.76. The molecule has 8 heteroatoms. The molecule has 0 radical (unpaired) electrons. The van der Waals surface area contributed by atoms with E-state index in [1.807, 2.05) is 12.1 Å². The van der Waals surface area contributed by atoms with Gasteiger partial charge in [-0.25, -0.2) is 4.39 Å². The molecule has 0 spiro atoms. The second-order valence-electron chi connectivity index (χ2n) is 5.47. The Morgan fingerprint density at radius 2 is 1.87 bits per heavy atom. The zero-order chi connectivity index (χ0) is 16.1. The number of benzene rings is 1. The molecule has 0 bridgehead atoms. The number of halogens is 1. The molecule has 2 aromatic rings. The molecule has 23 heavy (non-hydrogen) atoms. The number of hydrogen-bond donors (Lipinski definition) is 1. The van der Waals surface area contributed by atoms with Crippen molar-refractivity contribution in [2.75, 3.05) is 38.0 Å². The van der Waals surface area contributed by atoms with Crippen molar-refractivity contribution in [1.82, 2.24) is 20.0 Å². The molecule has 1 fully saturated rings. The third kappa shape index (κ3) is 4.78. The lowest BCUT2D eigenvalue weighted by Gasteiger charge is -2.34. The van der Waals surface area contributed by atoms with Gasteiger partial charge in [0.2, 0.25) is 11.0 Å². The van der Waals surface area contributed by atoms with Gasteiger partial charge in [0.15, 0.2) is 0 Å². The van der Waals surface area contributed by atoms with Crippen molar-refractivity contribution in [3.8, 4) is 0 Å². The summed E-state index contributed by atoms with van der Waals surface area (Å²) in [4.78, 5) is 16.4. The van der Waals surface area contributed by atoms with Gasteiger partial charge in [0.25, 0.3) is 0 Å². The van der Waals surface area contributed by atoms with Crippen molar-refractivity contribution in [3.05, 3.63) is 41.2 Å². The molecule has 1 amide bonds. The Kier molecular flexibility index (Phi) is 5.27. The van der Waals surface area contributed by atoms with Crippen LogP contribution in [0.3, 0.4) is 0 Å². The molecule has 6 nitrogen and oxygen atoms in total. The van der Waals surface area contributed by atoms with E-state index in [1.165, 1.54) is 23.5 Å². The van der Waals surface area contributed by atoms with Gasteiger partial charge >= 0.3 is 0 Å². The van der Waals surface area contributed by atoms with Gasteiger partial charge in [0, 0.05) is 32.7 Å². The molecule has 2 heterocycles. The zero-order valence-corrected chi connectivity index (χ0v) is 13.4. The van der Waals surface area contributed by atoms with Gasteiger partial charge in [-0.15, -0.1) is 10.2 Å². The maximum atomic E-state index is 12.9. The Balaban J connectivity index is 1.41. The number of anilines is 1. The molecule has 122 valence electrons. The van der Waals surface area contributed by atoms with E-state index in [-0.39, 0.29) is 11.7 Å². The van der Waals surface area contributed by atoms with Crippen LogP contribution < -0.4 is 5.32 Å². The first-order valence-corrected chi connectivity index (χ1v) is 8.32. The number of hydrogen-bond acceptors (Lipinski definition) is 6. The Labute approximate surface area is 137 Å². The first kappa shape index (κ1) is 16.0. The van der Waals surface area contributed by atoms with Crippen molar-refractivity contribution in [3.63, 3.8) is 0 Å². The Morgan fingerprint density at radius 3 is 2.52 bits per heavy atom. The van der Waals surface area contributed by atoms with Crippen molar-refractivity contribution in [2.45, 2.75) is 6.54 Å². The molecule has 1 aromatic carbocycles. The number of carbonyl (C=O) groups is 1. The standard InChI is InChI=1S/C15H18FN5OS/c16-13-3-1-12(2-4-13)9-20-5-7-21(8-6-20)10-14(22)18-15-19-17-11-23-15/h1-4,11H,5-10H2,(H,18,19,22). The van der Waals surface area contributed by atoms with Gasteiger partial charge < -0.3 is 0 Å². The normalized spacial score (nSPS) is 16.4. The first-order valence-electron chi connectivity index (χ1n) is 7.44. The summed E-state index contributed by atoms with van der Waals surface area (Å²) in [5, 5.41) is 10.8.